The third-order valence-corrected chi connectivity index (χ3v) is 5.50. The quantitative estimate of drug-likeness (QED) is 0.642. The van der Waals surface area contributed by atoms with Gasteiger partial charge in [-0.05, 0) is 54.6 Å². The smallest absolute Gasteiger partial charge is 0.339 e. The van der Waals surface area contributed by atoms with E-state index < -0.39 is 16.0 Å². The second-order valence-electron chi connectivity index (χ2n) is 5.72. The number of nitrogens with zero attached hydrogens (tertiary/aromatic N) is 1. The number of anilines is 1. The highest BCUT2D eigenvalue weighted by atomic mass is 35.5. The SMILES string of the molecule is COC(=O)c1ccc(=O)n(-c2ccc(S(=O)(=O)Nc3ccc(Cl)cc3)cc2)c1. The van der Waals surface area contributed by atoms with Crippen molar-refractivity contribution in [1.82, 2.24) is 4.57 Å². The minimum atomic E-state index is -3.82. The minimum absolute atomic E-state index is 0.0170. The number of esters is 1. The summed E-state index contributed by atoms with van der Waals surface area (Å²) >= 11 is 5.79. The minimum Gasteiger partial charge on any atom is -0.465 e. The van der Waals surface area contributed by atoms with Crippen LogP contribution in [0.4, 0.5) is 5.69 Å². The fourth-order valence-corrected chi connectivity index (χ4v) is 3.63. The zero-order valence-corrected chi connectivity index (χ0v) is 16.2. The summed E-state index contributed by atoms with van der Waals surface area (Å²) in [6, 6.07) is 14.5. The Kier molecular flexibility index (Phi) is 5.53. The molecule has 0 radical (unpaired) electrons. The summed E-state index contributed by atoms with van der Waals surface area (Å²) in [6.45, 7) is 0. The topological polar surface area (TPSA) is 94.5 Å². The number of benzene rings is 2. The number of carbonyl (C=O) groups excluding carboxylic acids is 1. The van der Waals surface area contributed by atoms with E-state index in [1.54, 1.807) is 24.3 Å². The Bertz CT molecular complexity index is 1170. The molecule has 9 heteroatoms. The van der Waals surface area contributed by atoms with Crippen molar-refractivity contribution in [2.75, 3.05) is 11.8 Å². The summed E-state index contributed by atoms with van der Waals surface area (Å²) in [6.07, 6.45) is 1.34. The molecule has 0 unspecified atom stereocenters. The van der Waals surface area contributed by atoms with E-state index >= 15 is 0 Å². The highest BCUT2D eigenvalue weighted by molar-refractivity contribution is 7.92. The number of methoxy groups -OCH3 is 1. The van der Waals surface area contributed by atoms with Crippen molar-refractivity contribution in [2.45, 2.75) is 4.90 Å². The van der Waals surface area contributed by atoms with Gasteiger partial charge in [0, 0.05) is 28.7 Å². The highest BCUT2D eigenvalue weighted by Gasteiger charge is 2.15. The molecule has 144 valence electrons. The standard InChI is InChI=1S/C19H15ClN2O5S/c1-27-19(24)13-2-11-18(23)22(12-13)16-7-9-17(10-8-16)28(25,26)21-15-5-3-14(20)4-6-15/h2-12,21H,1H3. The molecular formula is C19H15ClN2O5S. The Labute approximate surface area is 166 Å². The Balaban J connectivity index is 1.90. The predicted molar refractivity (Wildman–Crippen MR) is 106 cm³/mol. The van der Waals surface area contributed by atoms with Gasteiger partial charge in [-0.1, -0.05) is 11.6 Å². The number of sulfonamides is 1. The molecule has 3 aromatic rings. The van der Waals surface area contributed by atoms with E-state index in [1.165, 1.54) is 54.3 Å². The average Bonchev–Trinajstić information content (AvgIpc) is 2.69. The Morgan fingerprint density at radius 2 is 1.64 bits per heavy atom. The van der Waals surface area contributed by atoms with Gasteiger partial charge in [0.25, 0.3) is 15.6 Å². The van der Waals surface area contributed by atoms with Crippen LogP contribution in [0.5, 0.6) is 0 Å². The van der Waals surface area contributed by atoms with Gasteiger partial charge in [0.1, 0.15) is 0 Å². The molecule has 0 saturated carbocycles. The molecule has 0 aliphatic heterocycles. The lowest BCUT2D eigenvalue weighted by Gasteiger charge is -2.10. The van der Waals surface area contributed by atoms with E-state index in [-0.39, 0.29) is 16.0 Å². The Morgan fingerprint density at radius 1 is 1.00 bits per heavy atom. The van der Waals surface area contributed by atoms with Gasteiger partial charge < -0.3 is 4.74 Å². The fraction of sp³-hybridized carbons (Fsp3) is 0.0526. The van der Waals surface area contributed by atoms with Gasteiger partial charge in [0.2, 0.25) is 0 Å². The molecule has 1 heterocycles. The van der Waals surface area contributed by atoms with E-state index in [2.05, 4.69) is 9.46 Å². The number of pyridine rings is 1. The molecule has 0 aliphatic rings. The van der Waals surface area contributed by atoms with Crippen molar-refractivity contribution < 1.29 is 17.9 Å². The Hall–Kier alpha value is -3.10. The molecule has 0 saturated heterocycles. The molecule has 0 bridgehead atoms. The molecular weight excluding hydrogens is 404 g/mol. The maximum atomic E-state index is 12.5. The number of ether oxygens (including phenoxy) is 1. The van der Waals surface area contributed by atoms with E-state index in [9.17, 15) is 18.0 Å². The number of hydrogen-bond donors (Lipinski definition) is 1. The number of nitrogens with one attached hydrogen (secondary N) is 1. The summed E-state index contributed by atoms with van der Waals surface area (Å²) < 4.78 is 33.3. The van der Waals surface area contributed by atoms with Crippen molar-refractivity contribution in [1.29, 1.82) is 0 Å². The molecule has 1 aromatic heterocycles. The van der Waals surface area contributed by atoms with Crippen LogP contribution in [0.15, 0.2) is 76.6 Å². The predicted octanol–water partition coefficient (Wildman–Crippen LogP) is 3.08. The van der Waals surface area contributed by atoms with Gasteiger partial charge >= 0.3 is 5.97 Å². The van der Waals surface area contributed by atoms with Crippen LogP contribution in [0.25, 0.3) is 5.69 Å². The van der Waals surface area contributed by atoms with Crippen molar-refractivity contribution >= 4 is 33.3 Å². The highest BCUT2D eigenvalue weighted by Crippen LogP contribution is 2.19. The zero-order chi connectivity index (χ0) is 20.3. The first-order valence-electron chi connectivity index (χ1n) is 8.00. The fourth-order valence-electron chi connectivity index (χ4n) is 2.45. The molecule has 0 amide bonds. The van der Waals surface area contributed by atoms with Gasteiger partial charge in [0.15, 0.2) is 0 Å². The molecule has 7 nitrogen and oxygen atoms in total. The molecule has 0 atom stereocenters. The number of halogens is 1. The lowest BCUT2D eigenvalue weighted by atomic mass is 10.2. The largest absolute Gasteiger partial charge is 0.465 e. The molecule has 1 N–H and O–H groups in total. The van der Waals surface area contributed by atoms with Crippen LogP contribution in [0, 0.1) is 0 Å². The van der Waals surface area contributed by atoms with Crippen molar-refractivity contribution in [3.8, 4) is 5.69 Å². The number of carbonyl (C=O) groups is 1. The van der Waals surface area contributed by atoms with E-state index in [1.807, 2.05) is 0 Å². The lowest BCUT2D eigenvalue weighted by molar-refractivity contribution is 0.0600. The number of hydrogen-bond acceptors (Lipinski definition) is 5. The first kappa shape index (κ1) is 19.7. The van der Waals surface area contributed by atoms with Gasteiger partial charge in [-0.2, -0.15) is 0 Å². The van der Waals surface area contributed by atoms with E-state index in [0.717, 1.165) is 0 Å². The first-order chi connectivity index (χ1) is 13.3. The first-order valence-corrected chi connectivity index (χ1v) is 9.86. The third kappa shape index (κ3) is 4.24. The zero-order valence-electron chi connectivity index (χ0n) is 14.6. The Morgan fingerprint density at radius 3 is 2.25 bits per heavy atom. The second kappa shape index (κ2) is 7.87. The molecule has 2 aromatic carbocycles. The second-order valence-corrected chi connectivity index (χ2v) is 7.84. The van der Waals surface area contributed by atoms with Crippen LogP contribution in [0.2, 0.25) is 5.02 Å². The van der Waals surface area contributed by atoms with E-state index in [0.29, 0.717) is 16.4 Å². The van der Waals surface area contributed by atoms with Gasteiger partial charge in [-0.3, -0.25) is 14.1 Å². The van der Waals surface area contributed by atoms with Crippen molar-refractivity contribution in [2.24, 2.45) is 0 Å². The van der Waals surface area contributed by atoms with Crippen LogP contribution < -0.4 is 10.3 Å². The number of aromatic nitrogens is 1. The summed E-state index contributed by atoms with van der Waals surface area (Å²) in [5, 5.41) is 0.493. The maximum absolute atomic E-state index is 12.5. The molecule has 0 aliphatic carbocycles. The normalized spacial score (nSPS) is 11.1. The summed E-state index contributed by atoms with van der Waals surface area (Å²) in [5.74, 6) is -0.583. The van der Waals surface area contributed by atoms with Crippen LogP contribution >= 0.6 is 11.6 Å². The van der Waals surface area contributed by atoms with E-state index in [4.69, 9.17) is 11.6 Å². The summed E-state index contributed by atoms with van der Waals surface area (Å²) in [5.41, 5.74) is 0.599. The van der Waals surface area contributed by atoms with Gasteiger partial charge in [0.05, 0.1) is 17.6 Å². The van der Waals surface area contributed by atoms with Crippen LogP contribution in [-0.2, 0) is 14.8 Å². The maximum Gasteiger partial charge on any atom is 0.339 e. The van der Waals surface area contributed by atoms with Gasteiger partial charge in [-0.25, -0.2) is 13.2 Å². The van der Waals surface area contributed by atoms with Crippen molar-refractivity contribution in [3.63, 3.8) is 0 Å². The van der Waals surface area contributed by atoms with Crippen LogP contribution in [-0.4, -0.2) is 26.1 Å². The molecule has 3 rings (SSSR count). The van der Waals surface area contributed by atoms with Gasteiger partial charge in [-0.15, -0.1) is 0 Å². The summed E-state index contributed by atoms with van der Waals surface area (Å²) in [4.78, 5) is 23.8. The monoisotopic (exact) mass is 418 g/mol. The summed E-state index contributed by atoms with van der Waals surface area (Å²) in [7, 11) is -2.57. The van der Waals surface area contributed by atoms with Crippen LogP contribution in [0.1, 0.15) is 10.4 Å². The average molecular weight is 419 g/mol. The number of rotatable bonds is 5. The van der Waals surface area contributed by atoms with Crippen molar-refractivity contribution in [3.05, 3.63) is 87.8 Å². The third-order valence-electron chi connectivity index (χ3n) is 3.85. The molecule has 0 spiro atoms. The van der Waals surface area contributed by atoms with Crippen LogP contribution in [0.3, 0.4) is 0 Å². The molecule has 0 fully saturated rings. The molecule has 28 heavy (non-hydrogen) atoms. The lowest BCUT2D eigenvalue weighted by Crippen LogP contribution is -2.19.